The molecule has 2 N–H and O–H groups in total. The molecule has 5 nitrogen and oxygen atoms in total. The van der Waals surface area contributed by atoms with Gasteiger partial charge < -0.3 is 15.0 Å². The molecule has 1 fully saturated rings. The molecule has 1 saturated carbocycles. The average molecular weight is 412 g/mol. The van der Waals surface area contributed by atoms with Gasteiger partial charge in [0.2, 0.25) is 0 Å². The van der Waals surface area contributed by atoms with Gasteiger partial charge in [-0.1, -0.05) is 55.7 Å². The zero-order chi connectivity index (χ0) is 21.3. The first-order chi connectivity index (χ1) is 14.6. The summed E-state index contributed by atoms with van der Waals surface area (Å²) in [5.41, 5.74) is 1.81. The maximum atomic E-state index is 13.6. The van der Waals surface area contributed by atoms with E-state index in [9.17, 15) is 9.18 Å². The van der Waals surface area contributed by atoms with E-state index < -0.39 is 5.82 Å². The molecule has 0 amide bonds. The lowest BCUT2D eigenvalue weighted by Crippen LogP contribution is -2.49. The van der Waals surface area contributed by atoms with E-state index in [4.69, 9.17) is 10.1 Å². The lowest BCUT2D eigenvalue weighted by atomic mass is 9.94. The predicted molar refractivity (Wildman–Crippen MR) is 116 cm³/mol. The first-order valence-electron chi connectivity index (χ1n) is 10.5. The second kappa shape index (κ2) is 10.8. The number of carbonyl (C=O) groups is 1. The van der Waals surface area contributed by atoms with Crippen molar-refractivity contribution in [3.05, 3.63) is 65.5 Å². The number of nitrogens with one attached hydrogen (secondary N) is 2. The van der Waals surface area contributed by atoms with Gasteiger partial charge in [-0.05, 0) is 36.1 Å². The van der Waals surface area contributed by atoms with Crippen LogP contribution >= 0.6 is 0 Å². The third-order valence-corrected chi connectivity index (χ3v) is 5.57. The van der Waals surface area contributed by atoms with Crippen LogP contribution in [0, 0.1) is 11.2 Å². The van der Waals surface area contributed by atoms with Gasteiger partial charge in [-0.15, -0.1) is 0 Å². The number of hydrogen-bond donors (Lipinski definition) is 2. The fourth-order valence-electron chi connectivity index (χ4n) is 3.95. The summed E-state index contributed by atoms with van der Waals surface area (Å²) in [6, 6.07) is 14.6. The van der Waals surface area contributed by atoms with Crippen molar-refractivity contribution in [3.63, 3.8) is 0 Å². The van der Waals surface area contributed by atoms with Gasteiger partial charge in [-0.25, -0.2) is 4.39 Å². The third-order valence-electron chi connectivity index (χ3n) is 5.57. The van der Waals surface area contributed by atoms with Gasteiger partial charge >= 0.3 is 0 Å². The van der Waals surface area contributed by atoms with Crippen molar-refractivity contribution in [1.82, 2.24) is 10.2 Å². The molecule has 0 bridgehead atoms. The van der Waals surface area contributed by atoms with Crippen LogP contribution in [-0.2, 0) is 17.8 Å². The Morgan fingerprint density at radius 2 is 1.87 bits per heavy atom. The Morgan fingerprint density at radius 1 is 1.13 bits per heavy atom. The fraction of sp³-hybridized carbons (Fsp3) is 0.417. The highest BCUT2D eigenvalue weighted by Crippen LogP contribution is 2.23. The minimum Gasteiger partial charge on any atom is -0.494 e. The molecule has 2 aromatic carbocycles. The molecule has 0 unspecified atom stereocenters. The fourth-order valence-corrected chi connectivity index (χ4v) is 3.95. The number of hydrogen-bond acceptors (Lipinski definition) is 3. The highest BCUT2D eigenvalue weighted by atomic mass is 19.1. The van der Waals surface area contributed by atoms with Crippen LogP contribution in [0.2, 0.25) is 0 Å². The third kappa shape index (κ3) is 6.05. The van der Waals surface area contributed by atoms with Crippen LogP contribution in [-0.4, -0.2) is 36.3 Å². The molecule has 3 rings (SSSR count). The molecule has 0 aromatic heterocycles. The molecule has 160 valence electrons. The monoisotopic (exact) mass is 411 g/mol. The largest absolute Gasteiger partial charge is 0.494 e. The van der Waals surface area contributed by atoms with Crippen LogP contribution in [0.15, 0.2) is 48.5 Å². The number of Topliss-reactive ketones (excluding diaryl/α,β-unsaturated/α-hetero) is 1. The molecule has 1 aliphatic rings. The first-order valence-corrected chi connectivity index (χ1v) is 10.5. The summed E-state index contributed by atoms with van der Waals surface area (Å²) in [5.74, 6) is 0.114. The van der Waals surface area contributed by atoms with Crippen LogP contribution in [0.1, 0.15) is 43.2 Å². The quantitative estimate of drug-likeness (QED) is 0.502. The Hall–Kier alpha value is -2.89. The van der Waals surface area contributed by atoms with Gasteiger partial charge in [0.25, 0.3) is 0 Å². The number of guanidine groups is 1. The van der Waals surface area contributed by atoms with E-state index in [0.29, 0.717) is 13.0 Å². The van der Waals surface area contributed by atoms with Crippen molar-refractivity contribution >= 4 is 11.7 Å². The molecule has 0 radical (unpaired) electrons. The van der Waals surface area contributed by atoms with Gasteiger partial charge in [0.15, 0.2) is 23.3 Å². The topological polar surface area (TPSA) is 65.4 Å². The van der Waals surface area contributed by atoms with E-state index in [1.165, 1.54) is 19.6 Å². The van der Waals surface area contributed by atoms with Crippen molar-refractivity contribution in [1.29, 1.82) is 5.41 Å². The number of halogens is 1. The Balaban J connectivity index is 1.65. The van der Waals surface area contributed by atoms with Crippen LogP contribution < -0.4 is 10.1 Å². The maximum Gasteiger partial charge on any atom is 0.191 e. The second-order valence-electron chi connectivity index (χ2n) is 7.79. The van der Waals surface area contributed by atoms with Crippen LogP contribution in [0.4, 0.5) is 4.39 Å². The lowest BCUT2D eigenvalue weighted by molar-refractivity contribution is -0.119. The Morgan fingerprint density at radius 3 is 2.57 bits per heavy atom. The normalized spacial score (nSPS) is 14.2. The van der Waals surface area contributed by atoms with Crippen molar-refractivity contribution in [2.24, 2.45) is 0 Å². The van der Waals surface area contributed by atoms with Crippen LogP contribution in [0.25, 0.3) is 0 Å². The molecule has 0 spiro atoms. The molecule has 2 aromatic rings. The number of ketones is 1. The Kier molecular flexibility index (Phi) is 7.82. The van der Waals surface area contributed by atoms with Crippen LogP contribution in [0.5, 0.6) is 5.75 Å². The van der Waals surface area contributed by atoms with Gasteiger partial charge in [0.05, 0.1) is 13.7 Å². The summed E-state index contributed by atoms with van der Waals surface area (Å²) < 4.78 is 18.7. The van der Waals surface area contributed by atoms with Crippen LogP contribution in [0.3, 0.4) is 0 Å². The molecule has 6 heteroatoms. The van der Waals surface area contributed by atoms with Gasteiger partial charge in [-0.3, -0.25) is 10.2 Å². The molecule has 0 aliphatic heterocycles. The molecule has 0 atom stereocenters. The summed E-state index contributed by atoms with van der Waals surface area (Å²) in [5, 5.41) is 11.7. The van der Waals surface area contributed by atoms with E-state index >= 15 is 0 Å². The summed E-state index contributed by atoms with van der Waals surface area (Å²) >= 11 is 0. The Labute approximate surface area is 177 Å². The number of carbonyl (C=O) groups excluding carboxylic acids is 1. The zero-order valence-electron chi connectivity index (χ0n) is 17.5. The highest BCUT2D eigenvalue weighted by molar-refractivity contribution is 5.87. The first kappa shape index (κ1) is 21.8. The summed E-state index contributed by atoms with van der Waals surface area (Å²) in [6.07, 6.45) is 5.80. The summed E-state index contributed by atoms with van der Waals surface area (Å²) in [4.78, 5) is 14.6. The van der Waals surface area contributed by atoms with E-state index in [2.05, 4.69) is 5.32 Å². The minimum absolute atomic E-state index is 0.0989. The number of nitrogens with zero attached hydrogens (tertiary/aromatic N) is 1. The average Bonchev–Trinajstić information content (AvgIpc) is 2.78. The minimum atomic E-state index is -0.410. The number of methoxy groups -OCH3 is 1. The molecule has 0 saturated heterocycles. The maximum absolute atomic E-state index is 13.6. The highest BCUT2D eigenvalue weighted by Gasteiger charge is 2.25. The van der Waals surface area contributed by atoms with Gasteiger partial charge in [0, 0.05) is 19.0 Å². The molecule has 0 heterocycles. The molecule has 30 heavy (non-hydrogen) atoms. The number of benzene rings is 2. The SMILES string of the molecule is COc1cc(CNC(=N)N(CC(=O)Cc2ccccc2)C2CCCCC2)ccc1F. The van der Waals surface area contributed by atoms with E-state index in [1.54, 1.807) is 12.1 Å². The number of ether oxygens (including phenoxy) is 1. The molecular formula is C24H30FN3O2. The van der Waals surface area contributed by atoms with E-state index in [-0.39, 0.29) is 30.1 Å². The summed E-state index contributed by atoms with van der Waals surface area (Å²) in [6.45, 7) is 0.587. The molecule has 1 aliphatic carbocycles. The molecular weight excluding hydrogens is 381 g/mol. The zero-order valence-corrected chi connectivity index (χ0v) is 17.5. The number of rotatable bonds is 8. The smallest absolute Gasteiger partial charge is 0.191 e. The lowest BCUT2D eigenvalue weighted by Gasteiger charge is -2.35. The van der Waals surface area contributed by atoms with Crippen molar-refractivity contribution in [2.75, 3.05) is 13.7 Å². The van der Waals surface area contributed by atoms with E-state index in [0.717, 1.165) is 36.8 Å². The van der Waals surface area contributed by atoms with Gasteiger partial charge in [0.1, 0.15) is 0 Å². The standard InChI is InChI=1S/C24H30FN3O2/c1-30-23-15-19(12-13-22(23)25)16-27-24(26)28(20-10-6-3-7-11-20)17-21(29)14-18-8-4-2-5-9-18/h2,4-5,8-9,12-13,15,20H,3,6-7,10-11,14,16-17H2,1H3,(H2,26,27). The van der Waals surface area contributed by atoms with Gasteiger partial charge in [-0.2, -0.15) is 0 Å². The second-order valence-corrected chi connectivity index (χ2v) is 7.79. The van der Waals surface area contributed by atoms with Crippen molar-refractivity contribution in [2.45, 2.75) is 51.1 Å². The predicted octanol–water partition coefficient (Wildman–Crippen LogP) is 4.31. The Bertz CT molecular complexity index is 851. The van der Waals surface area contributed by atoms with Crippen molar-refractivity contribution < 1.29 is 13.9 Å². The van der Waals surface area contributed by atoms with Crippen molar-refractivity contribution in [3.8, 4) is 5.75 Å². The van der Waals surface area contributed by atoms with E-state index in [1.807, 2.05) is 35.2 Å². The summed E-state index contributed by atoms with van der Waals surface area (Å²) in [7, 11) is 1.43.